The van der Waals surface area contributed by atoms with Crippen LogP contribution in [0.25, 0.3) is 5.57 Å². The maximum Gasteiger partial charge on any atom is 0.577 e. The number of allylic oxidation sites excluding steroid dienone is 2. The number of aromatic nitrogens is 1. The van der Waals surface area contributed by atoms with Crippen LogP contribution in [0.2, 0.25) is 0 Å². The molecule has 3 nitrogen and oxygen atoms in total. The van der Waals surface area contributed by atoms with E-state index in [1.54, 1.807) is 16.1 Å². The van der Waals surface area contributed by atoms with Crippen molar-refractivity contribution < 1.29 is 13.5 Å². The maximum atomic E-state index is 16.7. The lowest BCUT2D eigenvalue weighted by Gasteiger charge is -2.37. The molecular weight excluding hydrogens is 338 g/mol. The molecular formula is C22H18BFN2O. The van der Waals surface area contributed by atoms with Crippen LogP contribution in [0.15, 0.2) is 90.8 Å². The molecule has 0 amide bonds. The molecule has 0 N–H and O–H groups in total. The second-order valence-electron chi connectivity index (χ2n) is 6.79. The van der Waals surface area contributed by atoms with Gasteiger partial charge in [-0.25, -0.2) is 0 Å². The molecule has 0 bridgehead atoms. The lowest BCUT2D eigenvalue weighted by atomic mass is 9.58. The van der Waals surface area contributed by atoms with Gasteiger partial charge in [0.25, 0.3) is 0 Å². The molecule has 132 valence electrons. The van der Waals surface area contributed by atoms with Crippen molar-refractivity contribution in [1.29, 1.82) is 0 Å². The van der Waals surface area contributed by atoms with E-state index in [4.69, 9.17) is 4.74 Å². The van der Waals surface area contributed by atoms with E-state index >= 15 is 4.32 Å². The third-order valence-electron chi connectivity index (χ3n) is 5.41. The molecule has 5 rings (SSSR count). The molecule has 0 spiro atoms. The number of rotatable bonds is 3. The van der Waals surface area contributed by atoms with Gasteiger partial charge in [-0.1, -0.05) is 47.9 Å². The molecule has 2 aromatic carbocycles. The molecule has 0 fully saturated rings. The van der Waals surface area contributed by atoms with Crippen molar-refractivity contribution in [2.75, 3.05) is 7.11 Å². The Kier molecular flexibility index (Phi) is 3.44. The van der Waals surface area contributed by atoms with Crippen LogP contribution in [-0.2, 0) is 0 Å². The van der Waals surface area contributed by atoms with Crippen LogP contribution in [0.1, 0.15) is 11.3 Å². The zero-order valence-electron chi connectivity index (χ0n) is 14.9. The molecule has 1 atom stereocenters. The predicted octanol–water partition coefficient (Wildman–Crippen LogP) is 3.59. The minimum atomic E-state index is -2.64. The smallest absolute Gasteiger partial charge is 0.497 e. The first-order chi connectivity index (χ1) is 13.2. The van der Waals surface area contributed by atoms with E-state index in [1.807, 2.05) is 91.3 Å². The van der Waals surface area contributed by atoms with Crippen LogP contribution in [0, 0.1) is 0 Å². The van der Waals surface area contributed by atoms with Gasteiger partial charge in [-0.15, -0.1) is 0 Å². The van der Waals surface area contributed by atoms with Gasteiger partial charge in [-0.3, -0.25) is 0 Å². The molecule has 0 saturated carbocycles. The Balaban J connectivity index is 1.77. The van der Waals surface area contributed by atoms with Crippen molar-refractivity contribution in [2.24, 2.45) is 0 Å². The number of fused-ring (bicyclic) bond motifs is 2. The molecule has 3 heterocycles. The Bertz CT molecular complexity index is 1110. The van der Waals surface area contributed by atoms with Crippen molar-refractivity contribution in [3.8, 4) is 5.75 Å². The molecule has 1 aromatic heterocycles. The minimum absolute atomic E-state index is 0.654. The first-order valence-electron chi connectivity index (χ1n) is 8.99. The Hall–Kier alpha value is -3.34. The maximum absolute atomic E-state index is 16.7. The van der Waals surface area contributed by atoms with Gasteiger partial charge in [-0.05, 0) is 36.0 Å². The number of nitrogens with zero attached hydrogens (tertiary/aromatic N) is 2. The Morgan fingerprint density at radius 2 is 1.74 bits per heavy atom. The Morgan fingerprint density at radius 3 is 2.48 bits per heavy atom. The average molecular weight is 356 g/mol. The number of methoxy groups -OCH3 is 1. The number of halogens is 1. The third kappa shape index (κ3) is 2.18. The van der Waals surface area contributed by atoms with Crippen LogP contribution in [0.5, 0.6) is 5.75 Å². The highest BCUT2D eigenvalue weighted by atomic mass is 19.1. The van der Waals surface area contributed by atoms with E-state index in [2.05, 4.69) is 0 Å². The monoisotopic (exact) mass is 356 g/mol. The van der Waals surface area contributed by atoms with Gasteiger partial charge in [0, 0.05) is 17.8 Å². The zero-order chi connectivity index (χ0) is 18.4. The van der Waals surface area contributed by atoms with E-state index < -0.39 is 6.69 Å². The molecule has 2 aliphatic rings. The largest absolute Gasteiger partial charge is 0.577 e. The lowest BCUT2D eigenvalue weighted by molar-refractivity contribution is -0.338. The quantitative estimate of drug-likeness (QED) is 0.656. The highest BCUT2D eigenvalue weighted by Gasteiger charge is 2.50. The SMILES string of the molecule is COc1ccc(C2=C3C=CC=[N+]3[B@-](F)(c3ccccc3)n3cccc32)cc1. The zero-order valence-corrected chi connectivity index (χ0v) is 14.9. The molecule has 3 aromatic rings. The van der Waals surface area contributed by atoms with Gasteiger partial charge >= 0.3 is 6.69 Å². The summed E-state index contributed by atoms with van der Waals surface area (Å²) in [7, 11) is 1.65. The van der Waals surface area contributed by atoms with Crippen molar-refractivity contribution in [3.05, 3.63) is 102 Å². The number of hydrogen-bond donors (Lipinski definition) is 0. The summed E-state index contributed by atoms with van der Waals surface area (Å²) >= 11 is 0. The fourth-order valence-corrected chi connectivity index (χ4v) is 4.15. The summed E-state index contributed by atoms with van der Waals surface area (Å²) in [6.45, 7) is -2.64. The average Bonchev–Trinajstić information content (AvgIpc) is 3.40. The topological polar surface area (TPSA) is 17.2 Å². The summed E-state index contributed by atoms with van der Waals surface area (Å²) in [6.07, 6.45) is 7.54. The molecule has 27 heavy (non-hydrogen) atoms. The second-order valence-corrected chi connectivity index (χ2v) is 6.79. The number of ether oxygens (including phenoxy) is 1. The van der Waals surface area contributed by atoms with Crippen molar-refractivity contribution >= 4 is 23.9 Å². The Morgan fingerprint density at radius 1 is 0.963 bits per heavy atom. The fourth-order valence-electron chi connectivity index (χ4n) is 4.15. The van der Waals surface area contributed by atoms with Gasteiger partial charge in [0.2, 0.25) is 0 Å². The van der Waals surface area contributed by atoms with Gasteiger partial charge in [-0.2, -0.15) is 0 Å². The minimum Gasteiger partial charge on any atom is -0.497 e. The lowest BCUT2D eigenvalue weighted by Crippen LogP contribution is -2.61. The van der Waals surface area contributed by atoms with E-state index in [0.717, 1.165) is 28.3 Å². The molecule has 2 aliphatic heterocycles. The van der Waals surface area contributed by atoms with Crippen LogP contribution in [0.4, 0.5) is 4.32 Å². The highest BCUT2D eigenvalue weighted by molar-refractivity contribution is 6.78. The standard InChI is InChI=1S/C22H18BFN2O/c1-27-19-13-11-17(12-14-19)22-20-9-5-15-25(20)23(24,18-7-3-2-4-8-18)26-16-6-10-21(22)26/h2-16H,1H3. The molecule has 0 aliphatic carbocycles. The molecule has 0 unspecified atom stereocenters. The normalized spacial score (nSPS) is 20.3. The second kappa shape index (κ2) is 5.84. The summed E-state index contributed by atoms with van der Waals surface area (Å²) in [4.78, 5) is 0. The van der Waals surface area contributed by atoms with Crippen LogP contribution >= 0.6 is 0 Å². The van der Waals surface area contributed by atoms with Crippen molar-refractivity contribution in [3.63, 3.8) is 0 Å². The van der Waals surface area contributed by atoms with E-state index in [-0.39, 0.29) is 0 Å². The summed E-state index contributed by atoms with van der Waals surface area (Å²) in [5.74, 6) is 0.800. The highest BCUT2D eigenvalue weighted by Crippen LogP contribution is 2.38. The van der Waals surface area contributed by atoms with E-state index in [9.17, 15) is 0 Å². The van der Waals surface area contributed by atoms with Crippen LogP contribution < -0.4 is 10.2 Å². The van der Waals surface area contributed by atoms with Gasteiger partial charge in [0.15, 0.2) is 5.70 Å². The number of benzene rings is 2. The van der Waals surface area contributed by atoms with Crippen molar-refractivity contribution in [1.82, 2.24) is 4.48 Å². The molecule has 0 saturated heterocycles. The van der Waals surface area contributed by atoms with Crippen LogP contribution in [-0.4, -0.2) is 29.0 Å². The summed E-state index contributed by atoms with van der Waals surface area (Å²) in [6, 6.07) is 21.2. The molecule has 5 heteroatoms. The van der Waals surface area contributed by atoms with Gasteiger partial charge < -0.3 is 18.0 Å². The Labute approximate surface area is 157 Å². The summed E-state index contributed by atoms with van der Waals surface area (Å²) < 4.78 is 25.5. The molecule has 0 radical (unpaired) electrons. The number of hydrogen-bond acceptors (Lipinski definition) is 1. The van der Waals surface area contributed by atoms with Gasteiger partial charge in [0.1, 0.15) is 12.0 Å². The fraction of sp³-hybridized carbons (Fsp3) is 0.0455. The van der Waals surface area contributed by atoms with Gasteiger partial charge in [0.05, 0.1) is 12.7 Å². The summed E-state index contributed by atoms with van der Waals surface area (Å²) in [5.41, 5.74) is 4.44. The first-order valence-corrected chi connectivity index (χ1v) is 8.99. The van der Waals surface area contributed by atoms with E-state index in [1.165, 1.54) is 0 Å². The predicted molar refractivity (Wildman–Crippen MR) is 107 cm³/mol. The van der Waals surface area contributed by atoms with E-state index in [0.29, 0.717) is 5.46 Å². The first kappa shape index (κ1) is 15.9. The summed E-state index contributed by atoms with van der Waals surface area (Å²) in [5, 5.41) is 0. The third-order valence-corrected chi connectivity index (χ3v) is 5.41. The van der Waals surface area contributed by atoms with Crippen LogP contribution in [0.3, 0.4) is 0 Å². The van der Waals surface area contributed by atoms with Crippen molar-refractivity contribution in [2.45, 2.75) is 0 Å².